The van der Waals surface area contributed by atoms with Gasteiger partial charge in [0.05, 0.1) is 24.4 Å². The number of benzene rings is 3. The van der Waals surface area contributed by atoms with Gasteiger partial charge >= 0.3 is 5.97 Å². The highest BCUT2D eigenvalue weighted by Crippen LogP contribution is 2.29. The van der Waals surface area contributed by atoms with Gasteiger partial charge in [-0.05, 0) is 41.5 Å². The van der Waals surface area contributed by atoms with Crippen LogP contribution in [-0.4, -0.2) is 32.7 Å². The minimum Gasteiger partial charge on any atom is -0.494 e. The summed E-state index contributed by atoms with van der Waals surface area (Å²) in [4.78, 5) is 25.9. The number of allylic oxidation sites excluding steroid dienone is 1. The Bertz CT molecular complexity index is 1350. The number of aliphatic carboxylic acids is 1. The van der Waals surface area contributed by atoms with Crippen molar-refractivity contribution in [1.29, 1.82) is 0 Å². The lowest BCUT2D eigenvalue weighted by molar-refractivity contribution is -0.130. The summed E-state index contributed by atoms with van der Waals surface area (Å²) < 4.78 is 27.5. The Balaban J connectivity index is 1.91. The predicted octanol–water partition coefficient (Wildman–Crippen LogP) is 4.80. The third-order valence-corrected chi connectivity index (χ3v) is 5.53. The molecular formula is C24H17FN2O4S. The molecule has 1 aromatic heterocycles. The van der Waals surface area contributed by atoms with Crippen LogP contribution >= 0.6 is 11.7 Å². The summed E-state index contributed by atoms with van der Waals surface area (Å²) in [5.74, 6) is -2.55. The second kappa shape index (κ2) is 9.07. The number of nitrogens with zero attached hydrogens (tertiary/aromatic N) is 2. The molecule has 0 unspecified atom stereocenters. The van der Waals surface area contributed by atoms with Crippen LogP contribution in [0.3, 0.4) is 0 Å². The van der Waals surface area contributed by atoms with Crippen LogP contribution in [0.25, 0.3) is 16.6 Å². The Morgan fingerprint density at radius 2 is 1.69 bits per heavy atom. The van der Waals surface area contributed by atoms with Crippen molar-refractivity contribution in [2.24, 2.45) is 0 Å². The molecule has 0 aliphatic carbocycles. The molecule has 1 N–H and O–H groups in total. The largest absolute Gasteiger partial charge is 0.494 e. The quantitative estimate of drug-likeness (QED) is 0.323. The highest BCUT2D eigenvalue weighted by Gasteiger charge is 2.25. The number of hydrogen-bond donors (Lipinski definition) is 1. The second-order valence-corrected chi connectivity index (χ2v) is 7.50. The van der Waals surface area contributed by atoms with Gasteiger partial charge in [-0.25, -0.2) is 9.18 Å². The Morgan fingerprint density at radius 3 is 2.38 bits per heavy atom. The SMILES string of the molecule is COc1ccc(C(=O)/C(Cc2ccccc2)=C(\C(=O)O)c2ccc3nsnc3c2)cc1F. The monoisotopic (exact) mass is 448 g/mol. The molecule has 0 radical (unpaired) electrons. The Hall–Kier alpha value is -3.91. The number of halogens is 1. The normalized spacial score (nSPS) is 11.8. The first-order valence-corrected chi connectivity index (χ1v) is 10.3. The van der Waals surface area contributed by atoms with Gasteiger partial charge in [0.1, 0.15) is 11.0 Å². The molecular weight excluding hydrogens is 431 g/mol. The van der Waals surface area contributed by atoms with Crippen LogP contribution in [0.15, 0.2) is 72.3 Å². The van der Waals surface area contributed by atoms with Crippen LogP contribution in [-0.2, 0) is 11.2 Å². The van der Waals surface area contributed by atoms with E-state index >= 15 is 0 Å². The number of carbonyl (C=O) groups is 2. The van der Waals surface area contributed by atoms with E-state index in [1.54, 1.807) is 42.5 Å². The second-order valence-electron chi connectivity index (χ2n) is 6.97. The number of methoxy groups -OCH3 is 1. The fourth-order valence-electron chi connectivity index (χ4n) is 3.43. The number of ketones is 1. The molecule has 0 saturated heterocycles. The highest BCUT2D eigenvalue weighted by molar-refractivity contribution is 7.00. The molecule has 1 heterocycles. The standard InChI is InChI=1S/C24H17FN2O4S/c1-31-21-10-8-16(12-18(21)25)23(28)17(11-14-5-3-2-4-6-14)22(24(29)30)15-7-9-19-20(13-15)27-32-26-19/h2-10,12-13H,11H2,1H3,(H,29,30)/b22-17-. The fourth-order valence-corrected chi connectivity index (χ4v) is 3.95. The minimum atomic E-state index is -1.26. The summed E-state index contributed by atoms with van der Waals surface area (Å²) >= 11 is 1.02. The van der Waals surface area contributed by atoms with Gasteiger partial charge in [0.25, 0.3) is 0 Å². The van der Waals surface area contributed by atoms with Crippen molar-refractivity contribution in [3.63, 3.8) is 0 Å². The van der Waals surface area contributed by atoms with Gasteiger partial charge in [0.15, 0.2) is 17.3 Å². The number of carbonyl (C=O) groups excluding carboxylic acids is 1. The zero-order valence-corrected chi connectivity index (χ0v) is 17.7. The van der Waals surface area contributed by atoms with Crippen LogP contribution in [0.1, 0.15) is 21.5 Å². The van der Waals surface area contributed by atoms with Crippen LogP contribution in [0.4, 0.5) is 4.39 Å². The summed E-state index contributed by atoms with van der Waals surface area (Å²) in [6.45, 7) is 0. The van der Waals surface area contributed by atoms with Gasteiger partial charge in [0, 0.05) is 17.6 Å². The van der Waals surface area contributed by atoms with Crippen molar-refractivity contribution in [2.75, 3.05) is 7.11 Å². The third-order valence-electron chi connectivity index (χ3n) is 4.97. The lowest BCUT2D eigenvalue weighted by atomic mass is 9.89. The molecule has 0 atom stereocenters. The van der Waals surface area contributed by atoms with E-state index in [9.17, 15) is 19.1 Å². The molecule has 0 aliphatic heterocycles. The summed E-state index contributed by atoms with van der Waals surface area (Å²) in [6, 6.07) is 17.7. The number of fused-ring (bicyclic) bond motifs is 1. The maximum atomic E-state index is 14.3. The molecule has 4 aromatic rings. The molecule has 0 aliphatic rings. The van der Waals surface area contributed by atoms with E-state index < -0.39 is 17.6 Å². The summed E-state index contributed by atoms with van der Waals surface area (Å²) in [6.07, 6.45) is 0.0578. The minimum absolute atomic E-state index is 0.00455. The first-order chi connectivity index (χ1) is 15.5. The summed E-state index contributed by atoms with van der Waals surface area (Å²) in [7, 11) is 1.33. The summed E-state index contributed by atoms with van der Waals surface area (Å²) in [5, 5.41) is 10.1. The smallest absolute Gasteiger partial charge is 0.336 e. The van der Waals surface area contributed by atoms with Gasteiger partial charge < -0.3 is 9.84 Å². The number of rotatable bonds is 7. The lowest BCUT2D eigenvalue weighted by Gasteiger charge is -2.14. The van der Waals surface area contributed by atoms with Crippen molar-refractivity contribution in [1.82, 2.24) is 8.75 Å². The number of aromatic nitrogens is 2. The maximum Gasteiger partial charge on any atom is 0.336 e. The Kier molecular flexibility index (Phi) is 6.04. The molecule has 3 aromatic carbocycles. The molecule has 0 amide bonds. The average molecular weight is 448 g/mol. The van der Waals surface area contributed by atoms with Crippen molar-refractivity contribution >= 4 is 40.1 Å². The molecule has 4 rings (SSSR count). The number of Topliss-reactive ketones (excluding diaryl/α,β-unsaturated/α-hetero) is 1. The van der Waals surface area contributed by atoms with E-state index in [2.05, 4.69) is 8.75 Å². The van der Waals surface area contributed by atoms with Gasteiger partial charge in [-0.3, -0.25) is 4.79 Å². The molecule has 8 heteroatoms. The van der Waals surface area contributed by atoms with Crippen molar-refractivity contribution in [2.45, 2.75) is 6.42 Å². The van der Waals surface area contributed by atoms with Gasteiger partial charge in [0.2, 0.25) is 0 Å². The van der Waals surface area contributed by atoms with Crippen molar-refractivity contribution in [3.05, 3.63) is 94.8 Å². The predicted molar refractivity (Wildman–Crippen MR) is 119 cm³/mol. The van der Waals surface area contributed by atoms with E-state index in [1.165, 1.54) is 19.2 Å². The molecule has 32 heavy (non-hydrogen) atoms. The first kappa shape index (κ1) is 21.3. The zero-order chi connectivity index (χ0) is 22.7. The Morgan fingerprint density at radius 1 is 0.969 bits per heavy atom. The number of ether oxygens (including phenoxy) is 1. The molecule has 0 saturated carbocycles. The molecule has 6 nitrogen and oxygen atoms in total. The van der Waals surface area contributed by atoms with Gasteiger partial charge in [-0.1, -0.05) is 36.4 Å². The number of carboxylic acid groups (broad SMARTS) is 1. The molecule has 0 spiro atoms. The van der Waals surface area contributed by atoms with Crippen LogP contribution in [0.5, 0.6) is 5.75 Å². The topological polar surface area (TPSA) is 89.4 Å². The van der Waals surface area contributed by atoms with Crippen molar-refractivity contribution < 1.29 is 23.8 Å². The molecule has 0 bridgehead atoms. The van der Waals surface area contributed by atoms with Gasteiger partial charge in [-0.2, -0.15) is 8.75 Å². The average Bonchev–Trinajstić information content (AvgIpc) is 3.26. The van der Waals surface area contributed by atoms with Crippen molar-refractivity contribution in [3.8, 4) is 5.75 Å². The molecule has 0 fully saturated rings. The van der Waals surface area contributed by atoms with E-state index in [-0.39, 0.29) is 28.9 Å². The lowest BCUT2D eigenvalue weighted by Crippen LogP contribution is -2.14. The maximum absolute atomic E-state index is 14.3. The zero-order valence-electron chi connectivity index (χ0n) is 16.9. The van der Waals surface area contributed by atoms with E-state index in [0.29, 0.717) is 16.6 Å². The molecule has 160 valence electrons. The fraction of sp³-hybridized carbons (Fsp3) is 0.0833. The van der Waals surface area contributed by atoms with E-state index in [1.807, 2.05) is 6.07 Å². The number of hydrogen-bond acceptors (Lipinski definition) is 6. The van der Waals surface area contributed by atoms with Crippen LogP contribution in [0, 0.1) is 5.82 Å². The Labute approximate surface area is 186 Å². The van der Waals surface area contributed by atoms with Crippen LogP contribution in [0.2, 0.25) is 0 Å². The van der Waals surface area contributed by atoms with Crippen LogP contribution < -0.4 is 4.74 Å². The summed E-state index contributed by atoms with van der Waals surface area (Å²) in [5.41, 5.74) is 2.15. The highest BCUT2D eigenvalue weighted by atomic mass is 32.1. The first-order valence-electron chi connectivity index (χ1n) is 9.59. The number of carboxylic acids is 1. The third kappa shape index (κ3) is 4.26. The van der Waals surface area contributed by atoms with Gasteiger partial charge in [-0.15, -0.1) is 0 Å². The van der Waals surface area contributed by atoms with E-state index in [4.69, 9.17) is 4.74 Å². The van der Waals surface area contributed by atoms with E-state index in [0.717, 1.165) is 23.4 Å².